The number of unbranched alkanes of at least 4 members (excludes halogenated alkanes) is 1. The van der Waals surface area contributed by atoms with Crippen molar-refractivity contribution in [1.29, 1.82) is 0 Å². The maximum Gasteiger partial charge on any atom is 0.408 e. The number of amides is 3. The van der Waals surface area contributed by atoms with Crippen LogP contribution >= 0.6 is 0 Å². The number of ether oxygens (including phenoxy) is 1. The fourth-order valence-electron chi connectivity index (χ4n) is 3.61. The summed E-state index contributed by atoms with van der Waals surface area (Å²) in [5.74, 6) is 1.69. The summed E-state index contributed by atoms with van der Waals surface area (Å²) in [7, 11) is 0. The molecule has 35 heavy (non-hydrogen) atoms. The van der Waals surface area contributed by atoms with Crippen LogP contribution in [0.25, 0.3) is 0 Å². The first-order valence-corrected chi connectivity index (χ1v) is 12.3. The van der Waals surface area contributed by atoms with E-state index < -0.39 is 29.3 Å². The molecule has 0 spiro atoms. The summed E-state index contributed by atoms with van der Waals surface area (Å²) in [4.78, 5) is 41.7. The van der Waals surface area contributed by atoms with Crippen LogP contribution in [0.4, 0.5) is 4.79 Å². The zero-order valence-electron chi connectivity index (χ0n) is 22.8. The van der Waals surface area contributed by atoms with Gasteiger partial charge >= 0.3 is 6.09 Å². The number of nitrogens with zero attached hydrogens (tertiary/aromatic N) is 1. The van der Waals surface area contributed by atoms with Crippen molar-refractivity contribution in [2.24, 2.45) is 5.92 Å². The molecule has 3 amide bonds. The molecule has 194 valence electrons. The lowest BCUT2D eigenvalue weighted by molar-refractivity contribution is -0.149. The standard InChI is InChI=1S/C28H43N3O4/c1-11-13-18-29-24(32)23(21-16-14-20(12-2)15-17-21)31(27(5,6)7)25(33)22(19(3)4)30-26(34)35-28(8,9)10/h2,14-17,19,22-23H,11,13,18H2,1,3-10H3,(H,29,32)(H,30,34). The van der Waals surface area contributed by atoms with Crippen molar-refractivity contribution in [3.05, 3.63) is 35.4 Å². The lowest BCUT2D eigenvalue weighted by Gasteiger charge is -2.43. The van der Waals surface area contributed by atoms with Crippen LogP contribution < -0.4 is 10.6 Å². The van der Waals surface area contributed by atoms with Gasteiger partial charge in [-0.2, -0.15) is 0 Å². The number of hydrogen-bond acceptors (Lipinski definition) is 4. The molecule has 0 fully saturated rings. The monoisotopic (exact) mass is 485 g/mol. The van der Waals surface area contributed by atoms with Crippen molar-refractivity contribution in [2.45, 2.75) is 98.4 Å². The molecule has 0 aromatic heterocycles. The summed E-state index contributed by atoms with van der Waals surface area (Å²) in [6.45, 7) is 17.1. The predicted molar refractivity (Wildman–Crippen MR) is 140 cm³/mol. The quantitative estimate of drug-likeness (QED) is 0.388. The first-order valence-electron chi connectivity index (χ1n) is 12.3. The molecule has 0 aliphatic rings. The van der Waals surface area contributed by atoms with Crippen LogP contribution in [0, 0.1) is 18.3 Å². The van der Waals surface area contributed by atoms with E-state index in [4.69, 9.17) is 11.2 Å². The highest BCUT2D eigenvalue weighted by Gasteiger charge is 2.42. The van der Waals surface area contributed by atoms with Gasteiger partial charge in [0.25, 0.3) is 0 Å². The van der Waals surface area contributed by atoms with Gasteiger partial charge in [0.05, 0.1) is 0 Å². The predicted octanol–water partition coefficient (Wildman–Crippen LogP) is 4.80. The van der Waals surface area contributed by atoms with Crippen molar-refractivity contribution < 1.29 is 19.1 Å². The third-order valence-corrected chi connectivity index (χ3v) is 5.29. The van der Waals surface area contributed by atoms with Gasteiger partial charge in [0.1, 0.15) is 17.7 Å². The lowest BCUT2D eigenvalue weighted by atomic mass is 9.92. The first kappa shape index (κ1) is 30.0. The van der Waals surface area contributed by atoms with Crippen LogP contribution in [0.5, 0.6) is 0 Å². The summed E-state index contributed by atoms with van der Waals surface area (Å²) in [5, 5.41) is 5.70. The van der Waals surface area contributed by atoms with Crippen molar-refractivity contribution in [3.8, 4) is 12.3 Å². The SMILES string of the molecule is C#Cc1ccc(C(C(=O)NCCCC)N(C(=O)C(NC(=O)OC(C)(C)C)C(C)C)C(C)(C)C)cc1. The van der Waals surface area contributed by atoms with Crippen molar-refractivity contribution >= 4 is 17.9 Å². The molecule has 1 rings (SSSR count). The van der Waals surface area contributed by atoms with E-state index in [0.717, 1.165) is 12.8 Å². The number of benzene rings is 1. The van der Waals surface area contributed by atoms with Crippen LogP contribution in [-0.4, -0.2) is 46.5 Å². The minimum Gasteiger partial charge on any atom is -0.444 e. The summed E-state index contributed by atoms with van der Waals surface area (Å²) < 4.78 is 5.40. The van der Waals surface area contributed by atoms with Gasteiger partial charge in [0.15, 0.2) is 0 Å². The topological polar surface area (TPSA) is 87.7 Å². The third-order valence-electron chi connectivity index (χ3n) is 5.29. The van der Waals surface area contributed by atoms with E-state index in [0.29, 0.717) is 17.7 Å². The molecular weight excluding hydrogens is 442 g/mol. The first-order chi connectivity index (χ1) is 16.1. The molecule has 2 atom stereocenters. The smallest absolute Gasteiger partial charge is 0.408 e. The highest BCUT2D eigenvalue weighted by Crippen LogP contribution is 2.31. The van der Waals surface area contributed by atoms with E-state index in [1.807, 2.05) is 41.5 Å². The average Bonchev–Trinajstić information content (AvgIpc) is 2.73. The maximum atomic E-state index is 14.0. The molecule has 0 aliphatic heterocycles. The number of carbonyl (C=O) groups is 3. The summed E-state index contributed by atoms with van der Waals surface area (Å²) in [6, 6.07) is 5.26. The zero-order chi connectivity index (χ0) is 27.0. The van der Waals surface area contributed by atoms with Gasteiger partial charge in [-0.1, -0.05) is 45.2 Å². The lowest BCUT2D eigenvalue weighted by Crippen LogP contribution is -2.59. The van der Waals surface area contributed by atoms with Gasteiger partial charge in [0, 0.05) is 17.6 Å². The van der Waals surface area contributed by atoms with Gasteiger partial charge in [-0.15, -0.1) is 6.42 Å². The second-order valence-electron chi connectivity index (χ2n) is 11.1. The van der Waals surface area contributed by atoms with Crippen molar-refractivity contribution in [1.82, 2.24) is 15.5 Å². The molecule has 2 N–H and O–H groups in total. The van der Waals surface area contributed by atoms with Crippen LogP contribution in [-0.2, 0) is 14.3 Å². The average molecular weight is 486 g/mol. The third kappa shape index (κ3) is 9.28. The molecule has 1 aromatic carbocycles. The number of carbonyl (C=O) groups excluding carboxylic acids is 3. The molecule has 7 nitrogen and oxygen atoms in total. The van der Waals surface area contributed by atoms with Crippen LogP contribution in [0.15, 0.2) is 24.3 Å². The number of terminal acetylenes is 1. The van der Waals surface area contributed by atoms with E-state index >= 15 is 0 Å². The Balaban J connectivity index is 3.51. The van der Waals surface area contributed by atoms with E-state index in [2.05, 4.69) is 16.6 Å². The molecule has 2 unspecified atom stereocenters. The molecule has 0 bridgehead atoms. The van der Waals surface area contributed by atoms with E-state index in [9.17, 15) is 14.4 Å². The van der Waals surface area contributed by atoms with Crippen LogP contribution in [0.1, 0.15) is 92.3 Å². The minimum absolute atomic E-state index is 0.243. The Hall–Kier alpha value is -3.01. The summed E-state index contributed by atoms with van der Waals surface area (Å²) in [6.07, 6.45) is 6.59. The van der Waals surface area contributed by atoms with Gasteiger partial charge in [-0.05, 0) is 71.6 Å². The molecule has 0 radical (unpaired) electrons. The van der Waals surface area contributed by atoms with Crippen LogP contribution in [0.2, 0.25) is 0 Å². The van der Waals surface area contributed by atoms with E-state index in [-0.39, 0.29) is 17.7 Å². The number of rotatable bonds is 9. The highest BCUT2D eigenvalue weighted by atomic mass is 16.6. The normalized spacial score (nSPS) is 13.4. The van der Waals surface area contributed by atoms with Gasteiger partial charge in [-0.25, -0.2) is 4.79 Å². The second-order valence-corrected chi connectivity index (χ2v) is 11.1. The van der Waals surface area contributed by atoms with Gasteiger partial charge < -0.3 is 20.3 Å². The zero-order valence-corrected chi connectivity index (χ0v) is 22.8. The Kier molecular flexibility index (Phi) is 10.8. The van der Waals surface area contributed by atoms with Gasteiger partial charge in [0.2, 0.25) is 11.8 Å². The fourth-order valence-corrected chi connectivity index (χ4v) is 3.61. The number of nitrogens with one attached hydrogen (secondary N) is 2. The van der Waals surface area contributed by atoms with Crippen LogP contribution in [0.3, 0.4) is 0 Å². The molecule has 0 heterocycles. The largest absolute Gasteiger partial charge is 0.444 e. The Labute approximate surface area is 211 Å². The van der Waals surface area contributed by atoms with Gasteiger partial charge in [-0.3, -0.25) is 9.59 Å². The molecule has 0 saturated carbocycles. The minimum atomic E-state index is -0.909. The Bertz CT molecular complexity index is 902. The van der Waals surface area contributed by atoms with Crippen molar-refractivity contribution in [3.63, 3.8) is 0 Å². The van der Waals surface area contributed by atoms with E-state index in [1.165, 1.54) is 0 Å². The molecule has 7 heteroatoms. The highest BCUT2D eigenvalue weighted by molar-refractivity contribution is 5.92. The maximum absolute atomic E-state index is 14.0. The second kappa shape index (κ2) is 12.6. The molecule has 0 aliphatic carbocycles. The summed E-state index contributed by atoms with van der Waals surface area (Å²) >= 11 is 0. The molecular formula is C28H43N3O4. The summed E-state index contributed by atoms with van der Waals surface area (Å²) in [5.41, 5.74) is -0.129. The Morgan fingerprint density at radius 2 is 1.63 bits per heavy atom. The number of hydrogen-bond donors (Lipinski definition) is 2. The Morgan fingerprint density at radius 3 is 2.06 bits per heavy atom. The Morgan fingerprint density at radius 1 is 1.06 bits per heavy atom. The fraction of sp³-hybridized carbons (Fsp3) is 0.607. The molecule has 0 saturated heterocycles. The number of alkyl carbamates (subject to hydrolysis) is 1. The van der Waals surface area contributed by atoms with Crippen molar-refractivity contribution in [2.75, 3.05) is 6.54 Å². The van der Waals surface area contributed by atoms with E-state index in [1.54, 1.807) is 49.9 Å². The molecule has 1 aromatic rings.